The molecule has 39 heavy (non-hydrogen) atoms. The van der Waals surface area contributed by atoms with Crippen LogP contribution in [0.2, 0.25) is 5.02 Å². The molecule has 0 heterocycles. The van der Waals surface area contributed by atoms with Crippen molar-refractivity contribution in [3.05, 3.63) is 129 Å². The Balaban J connectivity index is 1.57. The molecule has 0 saturated carbocycles. The second-order valence-electron chi connectivity index (χ2n) is 9.02. The number of nitriles is 1. The van der Waals surface area contributed by atoms with Gasteiger partial charge in [0, 0.05) is 28.2 Å². The van der Waals surface area contributed by atoms with Gasteiger partial charge in [0.25, 0.3) is 0 Å². The highest BCUT2D eigenvalue weighted by Gasteiger charge is 2.15. The largest absolute Gasteiger partial charge is 0.511 e. The van der Waals surface area contributed by atoms with E-state index in [1.807, 2.05) is 49.4 Å². The third-order valence-electron chi connectivity index (χ3n) is 6.21. The fourth-order valence-electron chi connectivity index (χ4n) is 3.92. The summed E-state index contributed by atoms with van der Waals surface area (Å²) >= 11 is 10.4. The average Bonchev–Trinajstić information content (AvgIpc) is 2.95. The fraction of sp³-hybridized carbons (Fsp3) is 0.156. The normalized spacial score (nSPS) is 11.4. The Bertz CT molecular complexity index is 1500. The lowest BCUT2D eigenvalue weighted by atomic mass is 10.0. The molecule has 4 aromatic carbocycles. The molecule has 4 aromatic rings. The Morgan fingerprint density at radius 1 is 0.974 bits per heavy atom. The number of benzene rings is 4. The quantitative estimate of drug-likeness (QED) is 0.169. The van der Waals surface area contributed by atoms with Crippen molar-refractivity contribution in [2.75, 3.05) is 0 Å². The summed E-state index contributed by atoms with van der Waals surface area (Å²) in [6.07, 6.45) is 0. The molecule has 198 valence electrons. The summed E-state index contributed by atoms with van der Waals surface area (Å²) in [5.41, 5.74) is 5.39. The number of halogens is 2. The van der Waals surface area contributed by atoms with Gasteiger partial charge in [-0.15, -0.1) is 0 Å². The number of hydrogen-bond donors (Lipinski definition) is 2. The van der Waals surface area contributed by atoms with E-state index in [4.69, 9.17) is 21.1 Å². The van der Waals surface area contributed by atoms with Crippen molar-refractivity contribution in [1.29, 1.82) is 5.26 Å². The SMILES string of the molecule is C=C(O)[C@@H](C)NCc1cc(Cl)c(OCc2cccc(-c3ccccc3)c2Br)cc1OCc1cccc(C#N)c1. The summed E-state index contributed by atoms with van der Waals surface area (Å²) in [7, 11) is 0. The maximum atomic E-state index is 9.70. The number of aliphatic hydroxyl groups excluding tert-OH is 1. The smallest absolute Gasteiger partial charge is 0.142 e. The first kappa shape index (κ1) is 28.3. The molecular weight excluding hydrogens is 576 g/mol. The van der Waals surface area contributed by atoms with Gasteiger partial charge in [-0.25, -0.2) is 0 Å². The molecule has 0 aliphatic heterocycles. The monoisotopic (exact) mass is 602 g/mol. The first-order valence-electron chi connectivity index (χ1n) is 12.4. The summed E-state index contributed by atoms with van der Waals surface area (Å²) in [5.74, 6) is 1.11. The zero-order chi connectivity index (χ0) is 27.8. The van der Waals surface area contributed by atoms with Gasteiger partial charge in [0.2, 0.25) is 0 Å². The van der Waals surface area contributed by atoms with Crippen LogP contribution < -0.4 is 14.8 Å². The predicted molar refractivity (Wildman–Crippen MR) is 159 cm³/mol. The minimum absolute atomic E-state index is 0.0418. The van der Waals surface area contributed by atoms with Crippen LogP contribution in [0, 0.1) is 11.3 Å². The predicted octanol–water partition coefficient (Wildman–Crippen LogP) is 8.35. The molecule has 4 rings (SSSR count). The number of nitrogens with one attached hydrogen (secondary N) is 1. The zero-order valence-electron chi connectivity index (χ0n) is 21.5. The second kappa shape index (κ2) is 13.3. The summed E-state index contributed by atoms with van der Waals surface area (Å²) in [4.78, 5) is 0. The molecule has 7 heteroatoms. The standard InChI is InChI=1S/C32H28BrClN2O3/c1-21(22(2)37)36-18-27-15-29(34)31(16-30(27)38-19-24-9-6-8-23(14-24)17-35)39-20-26-12-7-13-28(32(26)33)25-10-4-3-5-11-25/h3-16,21,36-37H,2,18-20H2,1H3/t21-/m1/s1. The van der Waals surface area contributed by atoms with Gasteiger partial charge < -0.3 is 19.9 Å². The Kier molecular flexibility index (Phi) is 9.67. The second-order valence-corrected chi connectivity index (χ2v) is 10.2. The van der Waals surface area contributed by atoms with Crippen LogP contribution in [0.25, 0.3) is 11.1 Å². The lowest BCUT2D eigenvalue weighted by Gasteiger charge is -2.18. The first-order valence-corrected chi connectivity index (χ1v) is 13.5. The highest BCUT2D eigenvalue weighted by Crippen LogP contribution is 2.36. The minimum Gasteiger partial charge on any atom is -0.511 e. The Morgan fingerprint density at radius 3 is 2.46 bits per heavy atom. The maximum Gasteiger partial charge on any atom is 0.142 e. The minimum atomic E-state index is -0.311. The molecule has 5 nitrogen and oxygen atoms in total. The van der Waals surface area contributed by atoms with E-state index in [1.165, 1.54) is 0 Å². The molecule has 0 saturated heterocycles. The third kappa shape index (κ3) is 7.42. The van der Waals surface area contributed by atoms with Crippen LogP contribution in [0.4, 0.5) is 0 Å². The van der Waals surface area contributed by atoms with Crippen molar-refractivity contribution >= 4 is 27.5 Å². The molecule has 0 bridgehead atoms. The summed E-state index contributed by atoms with van der Waals surface area (Å²) in [6.45, 7) is 6.34. The molecule has 0 aliphatic rings. The van der Waals surface area contributed by atoms with Crippen molar-refractivity contribution in [3.8, 4) is 28.7 Å². The molecule has 0 amide bonds. The van der Waals surface area contributed by atoms with E-state index in [-0.39, 0.29) is 18.4 Å². The summed E-state index contributed by atoms with van der Waals surface area (Å²) in [6, 6.07) is 28.9. The van der Waals surface area contributed by atoms with E-state index < -0.39 is 0 Å². The van der Waals surface area contributed by atoms with E-state index in [9.17, 15) is 10.4 Å². The zero-order valence-corrected chi connectivity index (χ0v) is 23.8. The van der Waals surface area contributed by atoms with Crippen molar-refractivity contribution < 1.29 is 14.6 Å². The van der Waals surface area contributed by atoms with E-state index >= 15 is 0 Å². The van der Waals surface area contributed by atoms with E-state index in [0.717, 1.165) is 32.3 Å². The number of aliphatic hydroxyl groups is 1. The molecule has 0 aliphatic carbocycles. The molecule has 0 aromatic heterocycles. The van der Waals surface area contributed by atoms with E-state index in [1.54, 1.807) is 24.3 Å². The van der Waals surface area contributed by atoms with Gasteiger partial charge in [-0.05, 0) is 57.7 Å². The average molecular weight is 604 g/mol. The van der Waals surface area contributed by atoms with Crippen LogP contribution in [-0.2, 0) is 19.8 Å². The molecule has 1 atom stereocenters. The Hall–Kier alpha value is -3.76. The van der Waals surface area contributed by atoms with Gasteiger partial charge in [0.15, 0.2) is 0 Å². The van der Waals surface area contributed by atoms with Crippen LogP contribution in [0.15, 0.2) is 102 Å². The van der Waals surface area contributed by atoms with Crippen LogP contribution in [0.1, 0.15) is 29.2 Å². The molecule has 0 radical (unpaired) electrons. The third-order valence-corrected chi connectivity index (χ3v) is 7.44. The van der Waals surface area contributed by atoms with Crippen LogP contribution in [0.3, 0.4) is 0 Å². The Labute approximate surface area is 242 Å². The number of hydrogen-bond acceptors (Lipinski definition) is 5. The van der Waals surface area contributed by atoms with Crippen LogP contribution in [0.5, 0.6) is 11.5 Å². The first-order chi connectivity index (χ1) is 18.9. The topological polar surface area (TPSA) is 74.5 Å². The summed E-state index contributed by atoms with van der Waals surface area (Å²) in [5, 5.41) is 22.6. The van der Waals surface area contributed by atoms with Crippen molar-refractivity contribution in [1.82, 2.24) is 5.32 Å². The summed E-state index contributed by atoms with van der Waals surface area (Å²) < 4.78 is 13.3. The van der Waals surface area contributed by atoms with Crippen molar-refractivity contribution in [3.63, 3.8) is 0 Å². The van der Waals surface area contributed by atoms with Gasteiger partial charge in [0.05, 0.1) is 22.7 Å². The van der Waals surface area contributed by atoms with Crippen LogP contribution in [-0.4, -0.2) is 11.1 Å². The molecule has 0 unspecified atom stereocenters. The maximum absolute atomic E-state index is 9.70. The molecule has 0 fully saturated rings. The van der Waals surface area contributed by atoms with Crippen molar-refractivity contribution in [2.24, 2.45) is 0 Å². The highest BCUT2D eigenvalue weighted by atomic mass is 79.9. The van der Waals surface area contributed by atoms with E-state index in [2.05, 4.69) is 52.1 Å². The van der Waals surface area contributed by atoms with Crippen molar-refractivity contribution in [2.45, 2.75) is 32.7 Å². The fourth-order valence-corrected chi connectivity index (χ4v) is 4.77. The van der Waals surface area contributed by atoms with Gasteiger partial charge in [-0.3, -0.25) is 0 Å². The lowest BCUT2D eigenvalue weighted by molar-refractivity contribution is 0.286. The van der Waals surface area contributed by atoms with E-state index in [0.29, 0.717) is 35.2 Å². The number of ether oxygens (including phenoxy) is 2. The Morgan fingerprint density at radius 2 is 1.72 bits per heavy atom. The molecule has 2 N–H and O–H groups in total. The number of nitrogens with zero attached hydrogens (tertiary/aromatic N) is 1. The highest BCUT2D eigenvalue weighted by molar-refractivity contribution is 9.10. The van der Waals surface area contributed by atoms with Gasteiger partial charge in [-0.1, -0.05) is 78.8 Å². The number of rotatable bonds is 11. The lowest BCUT2D eigenvalue weighted by Crippen LogP contribution is -2.27. The molecule has 0 spiro atoms. The van der Waals surface area contributed by atoms with Crippen LogP contribution >= 0.6 is 27.5 Å². The van der Waals surface area contributed by atoms with Gasteiger partial charge in [0.1, 0.15) is 30.5 Å². The molecular formula is C32H28BrClN2O3. The van der Waals surface area contributed by atoms with Gasteiger partial charge >= 0.3 is 0 Å². The van der Waals surface area contributed by atoms with Gasteiger partial charge in [-0.2, -0.15) is 5.26 Å².